The van der Waals surface area contributed by atoms with Gasteiger partial charge in [-0.05, 0) is 24.6 Å². The molecule has 1 aliphatic heterocycles. The quantitative estimate of drug-likeness (QED) is 0.861. The summed E-state index contributed by atoms with van der Waals surface area (Å²) in [4.78, 5) is 11.1. The Balaban J connectivity index is 2.49. The number of halogens is 1. The Morgan fingerprint density at radius 1 is 1.45 bits per heavy atom. The first kappa shape index (κ1) is 15.2. The van der Waals surface area contributed by atoms with E-state index >= 15 is 0 Å². The van der Waals surface area contributed by atoms with Crippen LogP contribution in [0.2, 0.25) is 5.02 Å². The fourth-order valence-electron chi connectivity index (χ4n) is 2.25. The predicted octanol–water partition coefficient (Wildman–Crippen LogP) is 0.857. The Morgan fingerprint density at radius 3 is 2.70 bits per heavy atom. The zero-order valence-electron chi connectivity index (χ0n) is 10.7. The molecule has 6 nitrogen and oxygen atoms in total. The average Bonchev–Trinajstić information content (AvgIpc) is 2.75. The molecule has 20 heavy (non-hydrogen) atoms. The molecule has 110 valence electrons. The number of benzene rings is 1. The van der Waals surface area contributed by atoms with E-state index in [1.807, 2.05) is 0 Å². The number of aryl methyl sites for hydroxylation is 1. The molecule has 1 fully saturated rings. The number of aliphatic hydroxyl groups is 1. The standard InChI is InChI=1S/C12H14ClNO5S/c1-7-2-3-8(13)4-11(7)20(18,19)14-6-9(15)5-10(14)12(16)17/h2-4,9-10,15H,5-6H2,1H3,(H,16,17)/t9?,10-/m0/s1. The number of β-amino-alcohol motifs (C(OH)–C–C–N with tert-alkyl or cyclic N) is 1. The van der Waals surface area contributed by atoms with Crippen LogP contribution in [-0.4, -0.2) is 47.6 Å². The monoisotopic (exact) mass is 319 g/mol. The van der Waals surface area contributed by atoms with E-state index in [-0.39, 0.29) is 22.9 Å². The van der Waals surface area contributed by atoms with E-state index < -0.39 is 28.1 Å². The summed E-state index contributed by atoms with van der Waals surface area (Å²) in [5.74, 6) is -1.27. The van der Waals surface area contributed by atoms with Crippen LogP contribution in [0.25, 0.3) is 0 Å². The summed E-state index contributed by atoms with van der Waals surface area (Å²) >= 11 is 5.81. The summed E-state index contributed by atoms with van der Waals surface area (Å²) < 4.78 is 25.9. The Hall–Kier alpha value is -1.15. The second-order valence-corrected chi connectivity index (χ2v) is 7.02. The first-order valence-electron chi connectivity index (χ1n) is 5.92. The predicted molar refractivity (Wildman–Crippen MR) is 72.1 cm³/mol. The Labute approximate surface area is 121 Å². The molecule has 0 saturated carbocycles. The highest BCUT2D eigenvalue weighted by Crippen LogP contribution is 2.29. The molecule has 2 N–H and O–H groups in total. The topological polar surface area (TPSA) is 94.9 Å². The Morgan fingerprint density at radius 2 is 2.10 bits per heavy atom. The maximum Gasteiger partial charge on any atom is 0.322 e. The van der Waals surface area contributed by atoms with E-state index in [1.54, 1.807) is 19.1 Å². The van der Waals surface area contributed by atoms with Crippen molar-refractivity contribution in [3.8, 4) is 0 Å². The Bertz CT molecular complexity index is 645. The normalized spacial score (nSPS) is 23.9. The number of hydrogen-bond donors (Lipinski definition) is 2. The number of aliphatic carboxylic acids is 1. The van der Waals surface area contributed by atoms with Gasteiger partial charge in [-0.1, -0.05) is 17.7 Å². The maximum absolute atomic E-state index is 12.6. The van der Waals surface area contributed by atoms with Crippen LogP contribution in [0.1, 0.15) is 12.0 Å². The van der Waals surface area contributed by atoms with Crippen LogP contribution in [0.5, 0.6) is 0 Å². The minimum absolute atomic E-state index is 0.0367. The first-order valence-corrected chi connectivity index (χ1v) is 7.74. The van der Waals surface area contributed by atoms with Crippen molar-refractivity contribution in [3.05, 3.63) is 28.8 Å². The van der Waals surface area contributed by atoms with Crippen LogP contribution in [0.15, 0.2) is 23.1 Å². The molecule has 1 aromatic rings. The van der Waals surface area contributed by atoms with Crippen molar-refractivity contribution in [1.29, 1.82) is 0 Å². The molecular weight excluding hydrogens is 306 g/mol. The molecule has 2 atom stereocenters. The van der Waals surface area contributed by atoms with Crippen molar-refractivity contribution in [2.45, 2.75) is 30.4 Å². The minimum Gasteiger partial charge on any atom is -0.480 e. The summed E-state index contributed by atoms with van der Waals surface area (Å²) in [5.41, 5.74) is 0.472. The number of carboxylic acid groups (broad SMARTS) is 1. The third-order valence-electron chi connectivity index (χ3n) is 3.26. The van der Waals surface area contributed by atoms with Crippen molar-refractivity contribution in [2.75, 3.05) is 6.54 Å². The van der Waals surface area contributed by atoms with Gasteiger partial charge in [0, 0.05) is 18.0 Å². The fraction of sp³-hybridized carbons (Fsp3) is 0.417. The van der Waals surface area contributed by atoms with Crippen LogP contribution in [0.4, 0.5) is 0 Å². The second-order valence-electron chi connectivity index (χ2n) is 4.73. The molecule has 8 heteroatoms. The van der Waals surface area contributed by atoms with Gasteiger partial charge in [0.05, 0.1) is 11.0 Å². The van der Waals surface area contributed by atoms with Crippen LogP contribution in [0.3, 0.4) is 0 Å². The van der Waals surface area contributed by atoms with Gasteiger partial charge in [-0.15, -0.1) is 0 Å². The zero-order valence-corrected chi connectivity index (χ0v) is 12.2. The Kier molecular flexibility index (Phi) is 4.06. The van der Waals surface area contributed by atoms with E-state index in [4.69, 9.17) is 16.7 Å². The highest BCUT2D eigenvalue weighted by Gasteiger charge is 2.43. The second kappa shape index (κ2) is 5.33. The number of nitrogens with zero attached hydrogens (tertiary/aromatic N) is 1. The SMILES string of the molecule is Cc1ccc(Cl)cc1S(=O)(=O)N1CC(O)C[C@H]1C(=O)O. The van der Waals surface area contributed by atoms with Crippen LogP contribution in [0, 0.1) is 6.92 Å². The molecule has 0 aliphatic carbocycles. The summed E-state index contributed by atoms with van der Waals surface area (Å²) in [6, 6.07) is 3.14. The molecule has 0 aromatic heterocycles. The third kappa shape index (κ3) is 2.67. The van der Waals surface area contributed by atoms with E-state index in [2.05, 4.69) is 0 Å². The molecule has 0 spiro atoms. The molecule has 1 saturated heterocycles. The number of carbonyl (C=O) groups is 1. The molecular formula is C12H14ClNO5S. The lowest BCUT2D eigenvalue weighted by atomic mass is 10.2. The number of carboxylic acids is 1. The summed E-state index contributed by atoms with van der Waals surface area (Å²) in [5, 5.41) is 18.9. The van der Waals surface area contributed by atoms with Crippen LogP contribution in [-0.2, 0) is 14.8 Å². The molecule has 0 bridgehead atoms. The van der Waals surface area contributed by atoms with E-state index in [1.165, 1.54) is 6.07 Å². The molecule has 0 amide bonds. The smallest absolute Gasteiger partial charge is 0.322 e. The molecule has 2 rings (SSSR count). The van der Waals surface area contributed by atoms with Crippen molar-refractivity contribution >= 4 is 27.6 Å². The highest BCUT2D eigenvalue weighted by molar-refractivity contribution is 7.89. The lowest BCUT2D eigenvalue weighted by Gasteiger charge is -2.21. The summed E-state index contributed by atoms with van der Waals surface area (Å²) in [6.45, 7) is 1.37. The largest absolute Gasteiger partial charge is 0.480 e. The van der Waals surface area contributed by atoms with Gasteiger partial charge in [-0.25, -0.2) is 8.42 Å². The van der Waals surface area contributed by atoms with Crippen LogP contribution >= 0.6 is 11.6 Å². The molecule has 1 unspecified atom stereocenters. The van der Waals surface area contributed by atoms with E-state index in [0.29, 0.717) is 5.56 Å². The maximum atomic E-state index is 12.6. The van der Waals surface area contributed by atoms with Gasteiger partial charge in [0.15, 0.2) is 0 Å². The number of aliphatic hydroxyl groups excluding tert-OH is 1. The third-order valence-corrected chi connectivity index (χ3v) is 5.51. The van der Waals surface area contributed by atoms with Gasteiger partial charge in [0.25, 0.3) is 0 Å². The summed E-state index contributed by atoms with van der Waals surface area (Å²) in [6.07, 6.45) is -1.10. The van der Waals surface area contributed by atoms with Gasteiger partial charge in [-0.2, -0.15) is 4.31 Å². The molecule has 1 aliphatic rings. The van der Waals surface area contributed by atoms with Gasteiger partial charge in [0.2, 0.25) is 10.0 Å². The minimum atomic E-state index is -4.01. The van der Waals surface area contributed by atoms with Crippen LogP contribution < -0.4 is 0 Å². The van der Waals surface area contributed by atoms with Crippen molar-refractivity contribution in [1.82, 2.24) is 4.31 Å². The lowest BCUT2D eigenvalue weighted by Crippen LogP contribution is -2.40. The zero-order chi connectivity index (χ0) is 15.1. The van der Waals surface area contributed by atoms with Gasteiger partial charge >= 0.3 is 5.97 Å². The average molecular weight is 320 g/mol. The van der Waals surface area contributed by atoms with Gasteiger partial charge in [-0.3, -0.25) is 4.79 Å². The first-order chi connectivity index (χ1) is 9.23. The summed E-state index contributed by atoms with van der Waals surface area (Å²) in [7, 11) is -4.01. The van der Waals surface area contributed by atoms with Crippen molar-refractivity contribution in [3.63, 3.8) is 0 Å². The number of hydrogen-bond acceptors (Lipinski definition) is 4. The fourth-order valence-corrected chi connectivity index (χ4v) is 4.37. The molecule has 0 radical (unpaired) electrons. The number of sulfonamides is 1. The molecule has 1 aromatic carbocycles. The van der Waals surface area contributed by atoms with E-state index in [0.717, 1.165) is 4.31 Å². The van der Waals surface area contributed by atoms with Crippen molar-refractivity contribution < 1.29 is 23.4 Å². The van der Waals surface area contributed by atoms with E-state index in [9.17, 15) is 18.3 Å². The van der Waals surface area contributed by atoms with Gasteiger partial charge in [0.1, 0.15) is 6.04 Å². The highest BCUT2D eigenvalue weighted by atomic mass is 35.5. The lowest BCUT2D eigenvalue weighted by molar-refractivity contribution is -0.140. The van der Waals surface area contributed by atoms with Gasteiger partial charge < -0.3 is 10.2 Å². The van der Waals surface area contributed by atoms with Crippen molar-refractivity contribution in [2.24, 2.45) is 0 Å². The number of rotatable bonds is 3. The molecule has 1 heterocycles.